The van der Waals surface area contributed by atoms with Crippen LogP contribution < -0.4 is 0 Å². The third-order valence-corrected chi connectivity index (χ3v) is 6.89. The van der Waals surface area contributed by atoms with Crippen molar-refractivity contribution in [2.45, 2.75) is 43.2 Å². The minimum absolute atomic E-state index is 0.932. The molecule has 22 heavy (non-hydrogen) atoms. The van der Waals surface area contributed by atoms with Crippen LogP contribution in [0.25, 0.3) is 0 Å². The first kappa shape index (κ1) is 15.0. The number of hydrogen-bond acceptors (Lipinski definition) is 3. The summed E-state index contributed by atoms with van der Waals surface area (Å²) < 4.78 is 0. The lowest BCUT2D eigenvalue weighted by atomic mass is 9.93. The van der Waals surface area contributed by atoms with Gasteiger partial charge in [-0.25, -0.2) is 0 Å². The highest BCUT2D eigenvalue weighted by Crippen LogP contribution is 2.46. The van der Waals surface area contributed by atoms with E-state index in [1.807, 2.05) is 11.8 Å². The fourth-order valence-corrected chi connectivity index (χ4v) is 5.31. The minimum Gasteiger partial charge on any atom is -0.298 e. The van der Waals surface area contributed by atoms with Crippen molar-refractivity contribution in [3.8, 4) is 0 Å². The van der Waals surface area contributed by atoms with E-state index in [1.165, 1.54) is 62.3 Å². The second-order valence-corrected chi connectivity index (χ2v) is 8.28. The highest BCUT2D eigenvalue weighted by molar-refractivity contribution is 7.98. The Kier molecular flexibility index (Phi) is 4.47. The van der Waals surface area contributed by atoms with Crippen LogP contribution in [0.15, 0.2) is 29.2 Å². The van der Waals surface area contributed by atoms with Crippen LogP contribution in [0, 0.1) is 11.8 Å². The van der Waals surface area contributed by atoms with Crippen LogP contribution in [0.3, 0.4) is 0 Å². The van der Waals surface area contributed by atoms with Gasteiger partial charge in [0, 0.05) is 43.7 Å². The van der Waals surface area contributed by atoms with Gasteiger partial charge in [0.2, 0.25) is 0 Å². The second kappa shape index (κ2) is 6.54. The second-order valence-electron chi connectivity index (χ2n) is 7.40. The summed E-state index contributed by atoms with van der Waals surface area (Å²) >= 11 is 1.82. The molecule has 1 saturated heterocycles. The largest absolute Gasteiger partial charge is 0.298 e. The molecule has 0 spiro atoms. The molecule has 1 heterocycles. The Bertz CT molecular complexity index is 493. The Balaban J connectivity index is 1.28. The SMILES string of the molecule is CSc1ccc(CN2CCN([C@H]3C[C@@H]4CC[C@@H]3C4)CC2)cc1. The van der Waals surface area contributed by atoms with E-state index in [9.17, 15) is 0 Å². The van der Waals surface area contributed by atoms with Crippen molar-refractivity contribution in [2.75, 3.05) is 32.4 Å². The lowest BCUT2D eigenvalue weighted by Crippen LogP contribution is -2.51. The van der Waals surface area contributed by atoms with Gasteiger partial charge in [0.1, 0.15) is 0 Å². The summed E-state index contributed by atoms with van der Waals surface area (Å²) in [5.74, 6) is 2.11. The van der Waals surface area contributed by atoms with Gasteiger partial charge in [-0.05, 0) is 55.1 Å². The molecule has 1 aliphatic heterocycles. The van der Waals surface area contributed by atoms with Crippen molar-refractivity contribution in [2.24, 2.45) is 11.8 Å². The zero-order valence-electron chi connectivity index (χ0n) is 13.7. The van der Waals surface area contributed by atoms with Crippen LogP contribution in [0.2, 0.25) is 0 Å². The molecule has 0 radical (unpaired) electrons. The van der Waals surface area contributed by atoms with E-state index in [-0.39, 0.29) is 0 Å². The molecule has 0 aromatic heterocycles. The van der Waals surface area contributed by atoms with Gasteiger partial charge in [-0.3, -0.25) is 9.80 Å². The Morgan fingerprint density at radius 3 is 2.36 bits per heavy atom. The summed E-state index contributed by atoms with van der Waals surface area (Å²) in [4.78, 5) is 6.82. The smallest absolute Gasteiger partial charge is 0.0234 e. The normalized spacial score (nSPS) is 32.7. The van der Waals surface area contributed by atoms with Gasteiger partial charge in [0.15, 0.2) is 0 Å². The van der Waals surface area contributed by atoms with Gasteiger partial charge in [0.25, 0.3) is 0 Å². The standard InChI is InChI=1S/C19H28N2S/c1-22-18-6-3-15(4-7-18)14-20-8-10-21(11-9-20)19-13-16-2-5-17(19)12-16/h3-4,6-7,16-17,19H,2,5,8-14H2,1H3/t16-,17-,19+/m1/s1. The number of benzene rings is 1. The van der Waals surface area contributed by atoms with Crippen LogP contribution >= 0.6 is 11.8 Å². The summed E-state index contributed by atoms with van der Waals surface area (Å²) in [5, 5.41) is 0. The van der Waals surface area contributed by atoms with Gasteiger partial charge in [-0.1, -0.05) is 18.6 Å². The predicted octanol–water partition coefficient (Wildman–Crippen LogP) is 3.71. The number of thioether (sulfide) groups is 1. The van der Waals surface area contributed by atoms with Crippen molar-refractivity contribution >= 4 is 11.8 Å². The summed E-state index contributed by atoms with van der Waals surface area (Å²) in [6, 6.07) is 10.0. The van der Waals surface area contributed by atoms with Gasteiger partial charge in [-0.2, -0.15) is 0 Å². The number of nitrogens with zero attached hydrogens (tertiary/aromatic N) is 2. The van der Waals surface area contributed by atoms with Crippen molar-refractivity contribution in [3.63, 3.8) is 0 Å². The van der Waals surface area contributed by atoms with E-state index in [0.29, 0.717) is 0 Å². The molecule has 0 N–H and O–H groups in total. The first-order chi connectivity index (χ1) is 10.8. The van der Waals surface area contributed by atoms with Gasteiger partial charge in [-0.15, -0.1) is 11.8 Å². The summed E-state index contributed by atoms with van der Waals surface area (Å²) in [5.41, 5.74) is 1.46. The maximum Gasteiger partial charge on any atom is 0.0234 e. The molecule has 1 aromatic rings. The average Bonchev–Trinajstić information content (AvgIpc) is 3.19. The molecule has 120 valence electrons. The van der Waals surface area contributed by atoms with Crippen molar-refractivity contribution < 1.29 is 0 Å². The van der Waals surface area contributed by atoms with E-state index in [2.05, 4.69) is 40.3 Å². The first-order valence-corrected chi connectivity index (χ1v) is 10.1. The van der Waals surface area contributed by atoms with Crippen LogP contribution in [0.4, 0.5) is 0 Å². The maximum absolute atomic E-state index is 2.82. The van der Waals surface area contributed by atoms with Crippen LogP contribution in [0.5, 0.6) is 0 Å². The zero-order chi connectivity index (χ0) is 14.9. The first-order valence-electron chi connectivity index (χ1n) is 8.91. The number of hydrogen-bond donors (Lipinski definition) is 0. The van der Waals surface area contributed by atoms with Crippen LogP contribution in [-0.4, -0.2) is 48.3 Å². The summed E-state index contributed by atoms with van der Waals surface area (Å²) in [6.07, 6.45) is 8.21. The molecule has 2 aliphatic carbocycles. The quantitative estimate of drug-likeness (QED) is 0.782. The van der Waals surface area contributed by atoms with Gasteiger partial charge in [0.05, 0.1) is 0 Å². The molecule has 3 aliphatic rings. The van der Waals surface area contributed by atoms with Crippen molar-refractivity contribution in [3.05, 3.63) is 29.8 Å². The van der Waals surface area contributed by atoms with Gasteiger partial charge >= 0.3 is 0 Å². The van der Waals surface area contributed by atoms with E-state index in [1.54, 1.807) is 0 Å². The Labute approximate surface area is 139 Å². The highest BCUT2D eigenvalue weighted by Gasteiger charge is 2.42. The zero-order valence-corrected chi connectivity index (χ0v) is 14.5. The number of piperazine rings is 1. The van der Waals surface area contributed by atoms with E-state index in [4.69, 9.17) is 0 Å². The third kappa shape index (κ3) is 3.08. The highest BCUT2D eigenvalue weighted by atomic mass is 32.2. The van der Waals surface area contributed by atoms with E-state index < -0.39 is 0 Å². The molecule has 0 amide bonds. The molecule has 2 bridgehead atoms. The lowest BCUT2D eigenvalue weighted by molar-refractivity contribution is 0.0679. The molecule has 0 unspecified atom stereocenters. The summed E-state index contributed by atoms with van der Waals surface area (Å²) in [6.45, 7) is 6.20. The molecule has 3 fully saturated rings. The Hall–Kier alpha value is -0.510. The summed E-state index contributed by atoms with van der Waals surface area (Å²) in [7, 11) is 0. The van der Waals surface area contributed by atoms with E-state index >= 15 is 0 Å². The monoisotopic (exact) mass is 316 g/mol. The van der Waals surface area contributed by atoms with E-state index in [0.717, 1.165) is 24.4 Å². The Morgan fingerprint density at radius 2 is 1.77 bits per heavy atom. The van der Waals surface area contributed by atoms with Gasteiger partial charge < -0.3 is 0 Å². The maximum atomic E-state index is 2.82. The van der Waals surface area contributed by atoms with Crippen LogP contribution in [-0.2, 0) is 6.54 Å². The molecule has 3 heteroatoms. The molecule has 4 rings (SSSR count). The molecular weight excluding hydrogens is 288 g/mol. The molecule has 2 saturated carbocycles. The molecular formula is C19H28N2S. The van der Waals surface area contributed by atoms with Crippen molar-refractivity contribution in [1.29, 1.82) is 0 Å². The molecule has 1 aromatic carbocycles. The minimum atomic E-state index is 0.932. The van der Waals surface area contributed by atoms with Crippen LogP contribution in [0.1, 0.15) is 31.2 Å². The average molecular weight is 317 g/mol. The lowest BCUT2D eigenvalue weighted by Gasteiger charge is -2.41. The Morgan fingerprint density at radius 1 is 1.00 bits per heavy atom. The molecule has 2 nitrogen and oxygen atoms in total. The van der Waals surface area contributed by atoms with Crippen molar-refractivity contribution in [1.82, 2.24) is 9.80 Å². The topological polar surface area (TPSA) is 6.48 Å². The number of rotatable bonds is 4. The third-order valence-electron chi connectivity index (χ3n) is 6.14. The molecule has 3 atom stereocenters. The fourth-order valence-electron chi connectivity index (χ4n) is 4.90. The predicted molar refractivity (Wildman–Crippen MR) is 94.3 cm³/mol. The fraction of sp³-hybridized carbons (Fsp3) is 0.684. The number of fused-ring (bicyclic) bond motifs is 2.